The molecule has 0 aliphatic carbocycles. The number of anilines is 3. The SMILES string of the molecule is CC(=O)Nc1ccc(C)cc1NC(=O)c1cccc(S(=O)(=O)N(C)c2ccc(C)cc2)c1. The summed E-state index contributed by atoms with van der Waals surface area (Å²) in [5.74, 6) is -0.756. The number of sulfonamides is 1. The van der Waals surface area contributed by atoms with Gasteiger partial charge < -0.3 is 10.6 Å². The zero-order valence-electron chi connectivity index (χ0n) is 18.3. The summed E-state index contributed by atoms with van der Waals surface area (Å²) in [5.41, 5.74) is 3.50. The smallest absolute Gasteiger partial charge is 0.264 e. The molecule has 0 aliphatic rings. The fourth-order valence-corrected chi connectivity index (χ4v) is 4.35. The van der Waals surface area contributed by atoms with E-state index >= 15 is 0 Å². The van der Waals surface area contributed by atoms with Crippen LogP contribution in [-0.2, 0) is 14.8 Å². The molecule has 0 fully saturated rings. The summed E-state index contributed by atoms with van der Waals surface area (Å²) in [6.07, 6.45) is 0. The first-order valence-corrected chi connectivity index (χ1v) is 11.4. The Bertz CT molecular complexity index is 1270. The van der Waals surface area contributed by atoms with Gasteiger partial charge in [0.15, 0.2) is 0 Å². The van der Waals surface area contributed by atoms with Crippen LogP contribution < -0.4 is 14.9 Å². The van der Waals surface area contributed by atoms with E-state index in [0.717, 1.165) is 11.1 Å². The molecule has 0 aromatic heterocycles. The van der Waals surface area contributed by atoms with E-state index in [1.165, 1.54) is 42.5 Å². The molecule has 0 saturated carbocycles. The summed E-state index contributed by atoms with van der Waals surface area (Å²) in [6.45, 7) is 5.16. The molecule has 0 unspecified atom stereocenters. The van der Waals surface area contributed by atoms with Gasteiger partial charge in [-0.2, -0.15) is 0 Å². The van der Waals surface area contributed by atoms with Gasteiger partial charge in [0, 0.05) is 19.5 Å². The van der Waals surface area contributed by atoms with Gasteiger partial charge in [-0.25, -0.2) is 8.42 Å². The minimum atomic E-state index is -3.87. The Labute approximate surface area is 188 Å². The summed E-state index contributed by atoms with van der Waals surface area (Å²) in [5, 5.41) is 5.43. The quantitative estimate of drug-likeness (QED) is 0.583. The Hall–Kier alpha value is -3.65. The Morgan fingerprint density at radius 2 is 1.47 bits per heavy atom. The van der Waals surface area contributed by atoms with Crippen LogP contribution in [0.4, 0.5) is 17.1 Å². The molecule has 0 atom stereocenters. The molecule has 3 aromatic carbocycles. The number of rotatable bonds is 6. The molecule has 2 N–H and O–H groups in total. The minimum Gasteiger partial charge on any atom is -0.325 e. The van der Waals surface area contributed by atoms with Crippen LogP contribution in [0.25, 0.3) is 0 Å². The highest BCUT2D eigenvalue weighted by Crippen LogP contribution is 2.26. The summed E-state index contributed by atoms with van der Waals surface area (Å²) in [4.78, 5) is 24.4. The molecule has 0 bridgehead atoms. The van der Waals surface area contributed by atoms with Gasteiger partial charge in [-0.05, 0) is 61.9 Å². The van der Waals surface area contributed by atoms with E-state index in [1.807, 2.05) is 32.0 Å². The molecule has 0 aliphatic heterocycles. The zero-order valence-corrected chi connectivity index (χ0v) is 19.2. The summed E-state index contributed by atoms with van der Waals surface area (Å²) in [7, 11) is -2.40. The molecule has 32 heavy (non-hydrogen) atoms. The van der Waals surface area contributed by atoms with Crippen molar-refractivity contribution in [1.82, 2.24) is 0 Å². The van der Waals surface area contributed by atoms with Crippen molar-refractivity contribution in [3.8, 4) is 0 Å². The van der Waals surface area contributed by atoms with Crippen molar-refractivity contribution in [2.75, 3.05) is 22.0 Å². The van der Waals surface area contributed by atoms with Crippen molar-refractivity contribution in [3.63, 3.8) is 0 Å². The average molecular weight is 452 g/mol. The largest absolute Gasteiger partial charge is 0.325 e. The van der Waals surface area contributed by atoms with E-state index in [2.05, 4.69) is 10.6 Å². The van der Waals surface area contributed by atoms with Crippen LogP contribution in [-0.4, -0.2) is 27.3 Å². The third kappa shape index (κ3) is 5.15. The monoisotopic (exact) mass is 451 g/mol. The van der Waals surface area contributed by atoms with Crippen LogP contribution in [0.15, 0.2) is 71.6 Å². The Morgan fingerprint density at radius 3 is 2.12 bits per heavy atom. The van der Waals surface area contributed by atoms with Gasteiger partial charge in [0.25, 0.3) is 15.9 Å². The maximum atomic E-state index is 13.1. The first-order chi connectivity index (χ1) is 15.1. The normalized spacial score (nSPS) is 11.0. The van der Waals surface area contributed by atoms with Gasteiger partial charge in [-0.15, -0.1) is 0 Å². The van der Waals surface area contributed by atoms with Gasteiger partial charge in [0.05, 0.1) is 22.0 Å². The van der Waals surface area contributed by atoms with Crippen molar-refractivity contribution < 1.29 is 18.0 Å². The fourth-order valence-electron chi connectivity index (χ4n) is 3.10. The molecule has 0 radical (unpaired) electrons. The lowest BCUT2D eigenvalue weighted by Gasteiger charge is -2.20. The van der Waals surface area contributed by atoms with Gasteiger partial charge in [0.1, 0.15) is 0 Å². The number of benzene rings is 3. The molecular weight excluding hydrogens is 426 g/mol. The molecule has 2 amide bonds. The second-order valence-corrected chi connectivity index (χ2v) is 9.49. The molecule has 166 valence electrons. The second kappa shape index (κ2) is 9.23. The van der Waals surface area contributed by atoms with Gasteiger partial charge in [0.2, 0.25) is 5.91 Å². The first kappa shape index (κ1) is 23.0. The van der Waals surface area contributed by atoms with E-state index < -0.39 is 15.9 Å². The van der Waals surface area contributed by atoms with Crippen molar-refractivity contribution in [2.45, 2.75) is 25.7 Å². The van der Waals surface area contributed by atoms with Gasteiger partial charge in [-0.3, -0.25) is 13.9 Å². The predicted molar refractivity (Wildman–Crippen MR) is 127 cm³/mol. The number of aryl methyl sites for hydroxylation is 2. The van der Waals surface area contributed by atoms with E-state index in [9.17, 15) is 18.0 Å². The van der Waals surface area contributed by atoms with E-state index in [1.54, 1.807) is 24.3 Å². The standard InChI is InChI=1S/C24H25N3O4S/c1-16-8-11-20(12-9-16)27(4)32(30,31)21-7-5-6-19(15-21)24(29)26-23-14-17(2)10-13-22(23)25-18(3)28/h5-15H,1-4H3,(H,25,28)(H,26,29). The van der Waals surface area contributed by atoms with Crippen LogP contribution in [0.5, 0.6) is 0 Å². The highest BCUT2D eigenvalue weighted by Gasteiger charge is 2.22. The van der Waals surface area contributed by atoms with Crippen molar-refractivity contribution in [1.29, 1.82) is 0 Å². The third-order valence-corrected chi connectivity index (χ3v) is 6.67. The summed E-state index contributed by atoms with van der Waals surface area (Å²) < 4.78 is 27.4. The topological polar surface area (TPSA) is 95.6 Å². The average Bonchev–Trinajstić information content (AvgIpc) is 2.75. The zero-order chi connectivity index (χ0) is 23.5. The van der Waals surface area contributed by atoms with Crippen molar-refractivity contribution in [2.24, 2.45) is 0 Å². The Morgan fingerprint density at radius 1 is 0.812 bits per heavy atom. The predicted octanol–water partition coefficient (Wildman–Crippen LogP) is 4.34. The Kier molecular flexibility index (Phi) is 6.64. The highest BCUT2D eigenvalue weighted by atomic mass is 32.2. The number of hydrogen-bond acceptors (Lipinski definition) is 4. The number of hydrogen-bond donors (Lipinski definition) is 2. The lowest BCUT2D eigenvalue weighted by atomic mass is 10.1. The van der Waals surface area contributed by atoms with Crippen molar-refractivity contribution in [3.05, 3.63) is 83.4 Å². The number of nitrogens with one attached hydrogen (secondary N) is 2. The Balaban J connectivity index is 1.89. The first-order valence-electron chi connectivity index (χ1n) is 9.93. The van der Waals surface area contributed by atoms with Crippen LogP contribution in [0.3, 0.4) is 0 Å². The van der Waals surface area contributed by atoms with E-state index in [4.69, 9.17) is 0 Å². The number of carbonyl (C=O) groups is 2. The molecule has 0 spiro atoms. The molecule has 3 aromatic rings. The molecule has 0 heterocycles. The van der Waals surface area contributed by atoms with Crippen molar-refractivity contribution >= 4 is 38.9 Å². The van der Waals surface area contributed by atoms with Crippen LogP contribution in [0, 0.1) is 13.8 Å². The third-order valence-electron chi connectivity index (χ3n) is 4.89. The minimum absolute atomic E-state index is 0.000415. The molecule has 8 heteroatoms. The number of nitrogens with zero attached hydrogens (tertiary/aromatic N) is 1. The molecule has 7 nitrogen and oxygen atoms in total. The van der Waals surface area contributed by atoms with E-state index in [0.29, 0.717) is 17.1 Å². The van der Waals surface area contributed by atoms with Crippen LogP contribution >= 0.6 is 0 Å². The highest BCUT2D eigenvalue weighted by molar-refractivity contribution is 7.92. The van der Waals surface area contributed by atoms with Gasteiger partial charge >= 0.3 is 0 Å². The second-order valence-electron chi connectivity index (χ2n) is 7.52. The maximum absolute atomic E-state index is 13.1. The molecule has 0 saturated heterocycles. The van der Waals surface area contributed by atoms with E-state index in [-0.39, 0.29) is 16.4 Å². The molecule has 3 rings (SSSR count). The fraction of sp³-hybridized carbons (Fsp3) is 0.167. The lowest BCUT2D eigenvalue weighted by Crippen LogP contribution is -2.27. The van der Waals surface area contributed by atoms with Crippen LogP contribution in [0.2, 0.25) is 0 Å². The van der Waals surface area contributed by atoms with Crippen LogP contribution in [0.1, 0.15) is 28.4 Å². The maximum Gasteiger partial charge on any atom is 0.264 e. The lowest BCUT2D eigenvalue weighted by molar-refractivity contribution is -0.114. The summed E-state index contributed by atoms with van der Waals surface area (Å²) in [6, 6.07) is 18.2. The number of carbonyl (C=O) groups excluding carboxylic acids is 2. The number of amides is 2. The summed E-state index contributed by atoms with van der Waals surface area (Å²) >= 11 is 0. The molecular formula is C24H25N3O4S. The van der Waals surface area contributed by atoms with Gasteiger partial charge in [-0.1, -0.05) is 29.8 Å².